The Labute approximate surface area is 433 Å². The van der Waals surface area contributed by atoms with Crippen LogP contribution in [0.5, 0.6) is 0 Å². The second-order valence-corrected chi connectivity index (χ2v) is 22.1. The number of carboxylic acids is 1. The fraction of sp³-hybridized carbons (Fsp3) is 0.273. The zero-order valence-corrected chi connectivity index (χ0v) is 41.9. The van der Waals surface area contributed by atoms with E-state index in [4.69, 9.17) is 4.74 Å². The molecule has 374 valence electrons. The number of esters is 1. The summed E-state index contributed by atoms with van der Waals surface area (Å²) in [5, 5.41) is 8.12. The number of hydrogen-bond donors (Lipinski definition) is 1. The van der Waals surface area contributed by atoms with Crippen LogP contribution in [-0.2, 0) is 56.4 Å². The van der Waals surface area contributed by atoms with Crippen molar-refractivity contribution in [3.05, 3.63) is 215 Å². The molecule has 2 fully saturated rings. The van der Waals surface area contributed by atoms with Crippen LogP contribution < -0.4 is 18.9 Å². The number of carboxylic acid groups (broad SMARTS) is 1. The van der Waals surface area contributed by atoms with Crippen molar-refractivity contribution in [1.29, 1.82) is 0 Å². The van der Waals surface area contributed by atoms with E-state index in [0.29, 0.717) is 12.8 Å². The van der Waals surface area contributed by atoms with Gasteiger partial charge in [0.25, 0.3) is 0 Å². The number of nitrogens with zero attached hydrogens (tertiary/aromatic N) is 2. The second-order valence-electron chi connectivity index (χ2n) is 17.3. The first-order chi connectivity index (χ1) is 33.3. The maximum atomic E-state index is 14.0. The van der Waals surface area contributed by atoms with E-state index < -0.39 is 71.9 Å². The van der Waals surface area contributed by atoms with Crippen LogP contribution in [-0.4, -0.2) is 121 Å². The van der Waals surface area contributed by atoms with Crippen molar-refractivity contribution >= 4 is 43.4 Å². The zero-order chi connectivity index (χ0) is 49.0. The Bertz CT molecular complexity index is 2810. The van der Waals surface area contributed by atoms with Crippen LogP contribution in [0.3, 0.4) is 0 Å². The van der Waals surface area contributed by atoms with Crippen LogP contribution in [0.25, 0.3) is 0 Å². The third kappa shape index (κ3) is 14.4. The molecule has 2 aliphatic rings. The van der Waals surface area contributed by atoms with Gasteiger partial charge in [0.1, 0.15) is 12.1 Å². The minimum atomic E-state index is -3.60. The number of hydrogen-bond acceptors (Lipinski definition) is 10. The van der Waals surface area contributed by atoms with Crippen LogP contribution in [0.4, 0.5) is 0 Å². The van der Waals surface area contributed by atoms with E-state index in [2.05, 4.69) is 0 Å². The molecule has 0 bridgehead atoms. The molecule has 17 heteroatoms. The molecule has 4 N–H and O–H groups in total. The van der Waals surface area contributed by atoms with Gasteiger partial charge >= 0.3 is 30.8 Å². The number of aryl methyl sites for hydroxylation is 2. The molecule has 6 aromatic rings. The van der Waals surface area contributed by atoms with Crippen molar-refractivity contribution in [3.8, 4) is 0 Å². The van der Waals surface area contributed by atoms with Gasteiger partial charge in [0.2, 0.25) is 11.8 Å². The Morgan fingerprint density at radius 2 is 0.792 bits per heavy atom. The Balaban J connectivity index is 0.000000300. The van der Waals surface area contributed by atoms with Crippen molar-refractivity contribution in [3.63, 3.8) is 0 Å². The smallest absolute Gasteiger partial charge is 0.870 e. The summed E-state index contributed by atoms with van der Waals surface area (Å²) in [4.78, 5) is 55.1. The SMILES string of the molecule is COC(=O)[C@@H]1C[C@H](S(=O)(=O)CCc2ccccc2)CN1C(=O)C(c1ccccc1)c1ccccc1.O.O=C(O)[C@@H]1C[C@H](S(=O)(=O)CCc2ccccc2)CN1C(=O)C(c1ccccc1)c1ccccc1.[Li+].[OH-]. The third-order valence-corrected chi connectivity index (χ3v) is 17.2. The first-order valence-electron chi connectivity index (χ1n) is 22.9. The average molecular weight is 1010 g/mol. The van der Waals surface area contributed by atoms with Gasteiger partial charge in [0.05, 0.1) is 41.0 Å². The van der Waals surface area contributed by atoms with Gasteiger partial charge in [0.15, 0.2) is 19.7 Å². The summed E-state index contributed by atoms with van der Waals surface area (Å²) in [6, 6.07) is 53.6. The number of aliphatic carboxylic acids is 1. The van der Waals surface area contributed by atoms with Crippen LogP contribution in [0.1, 0.15) is 58.1 Å². The number of carbonyl (C=O) groups is 4. The third-order valence-electron chi connectivity index (χ3n) is 12.9. The molecule has 6 aromatic carbocycles. The number of likely N-dealkylation sites (tertiary alicyclic amines) is 2. The number of methoxy groups -OCH3 is 1. The van der Waals surface area contributed by atoms with Crippen molar-refractivity contribution in [1.82, 2.24) is 9.80 Å². The molecule has 0 aliphatic carbocycles. The summed E-state index contributed by atoms with van der Waals surface area (Å²) in [6.45, 7) is -0.158. The van der Waals surface area contributed by atoms with Gasteiger partial charge in [-0.2, -0.15) is 0 Å². The van der Waals surface area contributed by atoms with Crippen molar-refractivity contribution < 1.29 is 75.7 Å². The maximum absolute atomic E-state index is 14.0. The van der Waals surface area contributed by atoms with Gasteiger partial charge in [-0.05, 0) is 59.1 Å². The molecule has 2 saturated heterocycles. The first-order valence-corrected chi connectivity index (χ1v) is 26.3. The molecule has 14 nitrogen and oxygen atoms in total. The Hall–Kier alpha value is -6.38. The minimum Gasteiger partial charge on any atom is -0.870 e. The molecule has 2 aliphatic heterocycles. The summed E-state index contributed by atoms with van der Waals surface area (Å²) < 4.78 is 57.7. The monoisotopic (exact) mass is 1010 g/mol. The number of benzene rings is 6. The Morgan fingerprint density at radius 3 is 1.08 bits per heavy atom. The van der Waals surface area contributed by atoms with Gasteiger partial charge < -0.3 is 30.6 Å². The largest absolute Gasteiger partial charge is 1.00 e. The van der Waals surface area contributed by atoms with E-state index >= 15 is 0 Å². The van der Waals surface area contributed by atoms with Crippen molar-refractivity contribution in [2.45, 2.75) is 60.1 Å². The molecule has 4 atom stereocenters. The maximum Gasteiger partial charge on any atom is 1.00 e. The minimum absolute atomic E-state index is 0. The molecule has 0 spiro atoms. The van der Waals surface area contributed by atoms with E-state index in [1.165, 1.54) is 16.9 Å². The molecule has 2 heterocycles. The van der Waals surface area contributed by atoms with Gasteiger partial charge in [-0.25, -0.2) is 26.4 Å². The molecule has 2 amide bonds. The van der Waals surface area contributed by atoms with Crippen molar-refractivity contribution in [2.75, 3.05) is 31.7 Å². The number of carbonyl (C=O) groups excluding carboxylic acids is 3. The normalized spacial score (nSPS) is 17.3. The molecule has 0 saturated carbocycles. The van der Waals surface area contributed by atoms with Crippen LogP contribution in [0.15, 0.2) is 182 Å². The Kier molecular flexibility index (Phi) is 21.7. The molecule has 8 rings (SSSR count). The summed E-state index contributed by atoms with van der Waals surface area (Å²) in [5.74, 6) is -3.99. The average Bonchev–Trinajstić information content (AvgIpc) is 4.06. The van der Waals surface area contributed by atoms with E-state index in [1.54, 1.807) is 0 Å². The summed E-state index contributed by atoms with van der Waals surface area (Å²) in [6.07, 6.45) is 0.662. The summed E-state index contributed by atoms with van der Waals surface area (Å²) >= 11 is 0. The summed E-state index contributed by atoms with van der Waals surface area (Å²) in [5.41, 5.74) is 4.86. The summed E-state index contributed by atoms with van der Waals surface area (Å²) in [7, 11) is -5.90. The number of sulfone groups is 2. The standard InChI is InChI=1S/C28H29NO5S.C27H27NO5S.Li.2H2O/c1-34-28(31)25-19-24(35(32,33)18-17-21-11-5-2-6-12-21)20-29(25)27(30)26(22-13-7-3-8-14-22)23-15-9-4-10-16-23;29-26(25(21-12-6-2-7-13-21)22-14-8-3-9-15-22)28-19-23(18-24(28)27(30)31)34(32,33)17-16-20-10-4-1-5-11-20;;;/h2-16,24-26H,17-20H2,1H3;1-15,23-25H,16-19H2,(H,30,31);;2*1H2/q;;+1;;/p-1/t24-,25-;23-,24-;;;/m00.../s1. The van der Waals surface area contributed by atoms with Gasteiger partial charge in [0, 0.05) is 13.1 Å². The molecular formula is C55H59LiN2O12S2. The number of amides is 2. The van der Waals surface area contributed by atoms with E-state index in [0.717, 1.165) is 33.4 Å². The molecule has 0 unspecified atom stereocenters. The number of rotatable bonds is 16. The molecular weight excluding hydrogens is 952 g/mol. The van der Waals surface area contributed by atoms with Crippen LogP contribution in [0, 0.1) is 0 Å². The van der Waals surface area contributed by atoms with Gasteiger partial charge in [-0.15, -0.1) is 0 Å². The zero-order valence-electron chi connectivity index (χ0n) is 40.2. The van der Waals surface area contributed by atoms with Crippen LogP contribution in [0.2, 0.25) is 0 Å². The van der Waals surface area contributed by atoms with Gasteiger partial charge in [-0.1, -0.05) is 182 Å². The fourth-order valence-corrected chi connectivity index (χ4v) is 12.6. The second kappa shape index (κ2) is 26.9. The molecule has 72 heavy (non-hydrogen) atoms. The van der Waals surface area contributed by atoms with E-state index in [-0.39, 0.29) is 73.2 Å². The quantitative estimate of drug-likeness (QED) is 0.109. The van der Waals surface area contributed by atoms with Crippen molar-refractivity contribution in [2.24, 2.45) is 0 Å². The fourth-order valence-electron chi connectivity index (χ4n) is 9.21. The van der Waals surface area contributed by atoms with Gasteiger partial charge in [-0.3, -0.25) is 9.59 Å². The first kappa shape index (κ1) is 58.2. The van der Waals surface area contributed by atoms with Crippen LogP contribution >= 0.6 is 0 Å². The predicted octanol–water partition coefficient (Wildman–Crippen LogP) is 3.15. The molecule has 0 aromatic heterocycles. The Morgan fingerprint density at radius 1 is 0.514 bits per heavy atom. The predicted molar refractivity (Wildman–Crippen MR) is 270 cm³/mol. The topological polar surface area (TPSA) is 234 Å². The number of ether oxygens (including phenoxy) is 1. The molecule has 0 radical (unpaired) electrons. The van der Waals surface area contributed by atoms with E-state index in [1.807, 2.05) is 182 Å². The van der Waals surface area contributed by atoms with E-state index in [9.17, 15) is 41.1 Å².